The van der Waals surface area contributed by atoms with Crippen LogP contribution >= 0.6 is 0 Å². The molecular weight excluding hydrogens is 833 g/mol. The van der Waals surface area contributed by atoms with Gasteiger partial charge in [-0.25, -0.2) is 18.8 Å². The van der Waals surface area contributed by atoms with Gasteiger partial charge >= 0.3 is 18.0 Å². The summed E-state index contributed by atoms with van der Waals surface area (Å²) in [7, 11) is 3.62. The van der Waals surface area contributed by atoms with Crippen LogP contribution in [0.2, 0.25) is 0 Å². The Labute approximate surface area is 372 Å². The zero-order chi connectivity index (χ0) is 46.7. The number of benzene rings is 2. The Morgan fingerprint density at radius 1 is 0.984 bits per heavy atom. The number of hydrogen-bond acceptors (Lipinski definition) is 13. The van der Waals surface area contributed by atoms with Gasteiger partial charge in [-0.15, -0.1) is 0 Å². The first-order chi connectivity index (χ1) is 30.2. The number of carbonyl (C=O) groups excluding carboxylic acids is 5. The number of halogens is 2. The highest BCUT2D eigenvalue weighted by molar-refractivity contribution is 6.08. The number of Topliss-reactive ketones (excluding diaryl/α,β-unsaturated/α-hetero) is 2. The predicted octanol–water partition coefficient (Wildman–Crippen LogP) is 6.97. The molecular formula is C48H59F2N3O11. The van der Waals surface area contributed by atoms with E-state index in [0.29, 0.717) is 12.0 Å². The van der Waals surface area contributed by atoms with Gasteiger partial charge in [-0.3, -0.25) is 19.0 Å². The Kier molecular flexibility index (Phi) is 14.6. The molecule has 0 saturated carbocycles. The fraction of sp³-hybridized carbons (Fsp3) is 0.542. The summed E-state index contributed by atoms with van der Waals surface area (Å²) in [5.74, 6) is -7.52. The Balaban J connectivity index is 1.48. The molecule has 346 valence electrons. The number of likely N-dealkylation sites (N-methyl/N-ethyl adjacent to an activating group) is 1. The minimum atomic E-state index is -3.38. The Bertz CT molecular complexity index is 2220. The van der Waals surface area contributed by atoms with Crippen LogP contribution in [0.25, 0.3) is 17.0 Å². The van der Waals surface area contributed by atoms with Crippen molar-refractivity contribution in [3.05, 3.63) is 84.2 Å². The van der Waals surface area contributed by atoms with Gasteiger partial charge in [-0.05, 0) is 90.5 Å². The molecule has 3 saturated heterocycles. The van der Waals surface area contributed by atoms with Gasteiger partial charge in [-0.2, -0.15) is 0 Å². The fourth-order valence-corrected chi connectivity index (χ4v) is 9.39. The van der Waals surface area contributed by atoms with Crippen molar-refractivity contribution in [3.8, 4) is 0 Å². The molecule has 0 bridgehead atoms. The lowest BCUT2D eigenvalue weighted by atomic mass is 9.73. The normalized spacial score (nSPS) is 35.3. The zero-order valence-electron chi connectivity index (χ0n) is 37.7. The number of amides is 1. The maximum absolute atomic E-state index is 17.2. The molecule has 1 amide bonds. The van der Waals surface area contributed by atoms with Crippen molar-refractivity contribution >= 4 is 46.6 Å². The number of alkyl halides is 2. The minimum Gasteiger partial charge on any atom is -0.492 e. The highest BCUT2D eigenvalue weighted by Gasteiger charge is 2.60. The van der Waals surface area contributed by atoms with E-state index >= 15 is 4.39 Å². The van der Waals surface area contributed by atoms with Gasteiger partial charge in [0, 0.05) is 35.8 Å². The first-order valence-electron chi connectivity index (χ1n) is 21.7. The highest BCUT2D eigenvalue weighted by Crippen LogP contribution is 2.42. The second-order valence-corrected chi connectivity index (χ2v) is 18.1. The molecule has 0 aliphatic carbocycles. The molecule has 3 aromatic rings. The van der Waals surface area contributed by atoms with Crippen LogP contribution in [-0.2, 0) is 42.8 Å². The van der Waals surface area contributed by atoms with E-state index in [9.17, 15) is 28.4 Å². The van der Waals surface area contributed by atoms with Crippen LogP contribution in [0.4, 0.5) is 13.6 Å². The van der Waals surface area contributed by atoms with Gasteiger partial charge in [0.15, 0.2) is 23.8 Å². The number of nitrogens with zero attached hydrogens (tertiary/aromatic N) is 2. The number of carbonyl (C=O) groups is 5. The average molecular weight is 892 g/mol. The summed E-state index contributed by atoms with van der Waals surface area (Å²) >= 11 is 0. The number of aromatic nitrogens is 1. The number of alkyl carbamates (subject to hydrolysis) is 1. The summed E-state index contributed by atoms with van der Waals surface area (Å²) in [4.78, 5) is 76.1. The van der Waals surface area contributed by atoms with Crippen molar-refractivity contribution in [1.82, 2.24) is 15.2 Å². The number of fused-ring (bicyclic) bond motifs is 2. The van der Waals surface area contributed by atoms with Gasteiger partial charge in [0.05, 0.1) is 42.2 Å². The van der Waals surface area contributed by atoms with E-state index in [2.05, 4.69) is 10.3 Å². The molecule has 64 heavy (non-hydrogen) atoms. The van der Waals surface area contributed by atoms with Gasteiger partial charge in [0.2, 0.25) is 0 Å². The van der Waals surface area contributed by atoms with E-state index in [0.717, 1.165) is 17.8 Å². The summed E-state index contributed by atoms with van der Waals surface area (Å²) < 4.78 is 68.7. The third-order valence-electron chi connectivity index (χ3n) is 12.9. The van der Waals surface area contributed by atoms with E-state index in [-0.39, 0.29) is 17.8 Å². The molecule has 2 aromatic carbocycles. The molecule has 3 aliphatic rings. The second-order valence-electron chi connectivity index (χ2n) is 18.1. The Morgan fingerprint density at radius 3 is 2.39 bits per heavy atom. The summed E-state index contributed by atoms with van der Waals surface area (Å²) in [6.07, 6.45) is -2.66. The lowest BCUT2D eigenvalue weighted by Gasteiger charge is -2.48. The van der Waals surface area contributed by atoms with Gasteiger partial charge in [0.25, 0.3) is 5.67 Å². The molecule has 1 aromatic heterocycles. The lowest BCUT2D eigenvalue weighted by Crippen LogP contribution is -2.62. The molecule has 16 heteroatoms. The van der Waals surface area contributed by atoms with E-state index in [1.807, 2.05) is 56.3 Å². The third kappa shape index (κ3) is 9.98. The SMILES string of the molecule is C[C@@H]1C[C@H](N(C)C)[C@@H](OC(=O)c2ccccc2)[C@H](O[C@@H]2[C@@H](C)C(=O)[C@](C)(F)C(=O)O[C@H](CCF)[C@@]3(C)OC(=O)N[C@@H]3[C@@H](C)C(=O)[C@H](C)C[C@@]2(C)O/C=C/c2ccc3cccnc3c2)O1. The number of nitrogens with one attached hydrogen (secondary N) is 1. The quantitative estimate of drug-likeness (QED) is 0.0960. The summed E-state index contributed by atoms with van der Waals surface area (Å²) in [5.41, 5.74) is -5.26. The summed E-state index contributed by atoms with van der Waals surface area (Å²) in [6.45, 7) is 9.03. The Hall–Kier alpha value is -5.32. The summed E-state index contributed by atoms with van der Waals surface area (Å²) in [5, 5.41) is 3.53. The van der Waals surface area contributed by atoms with Crippen LogP contribution in [0.5, 0.6) is 0 Å². The van der Waals surface area contributed by atoms with Crippen molar-refractivity contribution in [2.45, 2.75) is 127 Å². The van der Waals surface area contributed by atoms with Gasteiger partial charge < -0.3 is 38.6 Å². The molecule has 6 rings (SSSR count). The van der Waals surface area contributed by atoms with Crippen LogP contribution in [0.15, 0.2) is 73.1 Å². The van der Waals surface area contributed by atoms with E-state index in [4.69, 9.17) is 28.4 Å². The number of esters is 2. The van der Waals surface area contributed by atoms with Gasteiger partial charge in [0.1, 0.15) is 23.6 Å². The number of ether oxygens (including phenoxy) is 6. The maximum atomic E-state index is 17.2. The largest absolute Gasteiger partial charge is 0.492 e. The molecule has 4 heterocycles. The van der Waals surface area contributed by atoms with Crippen molar-refractivity contribution < 1.29 is 61.2 Å². The molecule has 3 aliphatic heterocycles. The standard InChI is InChI=1S/C48H59F2N3O11/c1-27-26-46(5,59-23-20-31-17-18-32-16-13-22-51-34(32)25-31)41(63-43-38(35(53(8)9)24-28(2)60-43)62-42(56)33-14-11-10-12-15-33)30(4)40(55)47(6,50)44(57)61-36(19-21-49)48(7)39(29(3)37(27)54)52-45(58)64-48/h10-18,20,22-23,25,27-30,35-36,38-39,41,43H,19,21,24,26H2,1-9H3,(H,52,58)/b23-20+/t27-,28-,29+,30+,35+,36-,38-,39-,41-,43+,46-,47+,48-/m1/s1. The van der Waals surface area contributed by atoms with Crippen LogP contribution in [0, 0.1) is 17.8 Å². The minimum absolute atomic E-state index is 0.171. The molecule has 3 fully saturated rings. The molecule has 0 unspecified atom stereocenters. The fourth-order valence-electron chi connectivity index (χ4n) is 9.39. The van der Waals surface area contributed by atoms with Gasteiger partial charge in [-0.1, -0.05) is 57.2 Å². The van der Waals surface area contributed by atoms with E-state index in [1.165, 1.54) is 20.1 Å². The van der Waals surface area contributed by atoms with Crippen molar-refractivity contribution in [2.24, 2.45) is 17.8 Å². The molecule has 0 radical (unpaired) electrons. The lowest BCUT2D eigenvalue weighted by molar-refractivity contribution is -0.292. The Morgan fingerprint density at radius 2 is 1.70 bits per heavy atom. The number of cyclic esters (lactones) is 1. The number of pyridine rings is 1. The average Bonchev–Trinajstić information content (AvgIpc) is 3.58. The molecule has 13 atom stereocenters. The predicted molar refractivity (Wildman–Crippen MR) is 231 cm³/mol. The second kappa shape index (κ2) is 19.4. The monoisotopic (exact) mass is 891 g/mol. The van der Waals surface area contributed by atoms with Crippen LogP contribution in [0.3, 0.4) is 0 Å². The van der Waals surface area contributed by atoms with E-state index < -0.39 is 114 Å². The van der Waals surface area contributed by atoms with Crippen molar-refractivity contribution in [3.63, 3.8) is 0 Å². The smallest absolute Gasteiger partial charge is 0.408 e. The van der Waals surface area contributed by atoms with Crippen LogP contribution in [-0.4, -0.2) is 120 Å². The highest BCUT2D eigenvalue weighted by atomic mass is 19.1. The third-order valence-corrected chi connectivity index (χ3v) is 12.9. The van der Waals surface area contributed by atoms with Crippen LogP contribution in [0.1, 0.15) is 83.7 Å². The zero-order valence-corrected chi connectivity index (χ0v) is 37.7. The molecule has 0 spiro atoms. The summed E-state index contributed by atoms with van der Waals surface area (Å²) in [6, 6.07) is 16.0. The first-order valence-corrected chi connectivity index (χ1v) is 21.7. The van der Waals surface area contributed by atoms with Crippen LogP contribution < -0.4 is 5.32 Å². The molecule has 1 N–H and O–H groups in total. The molecule has 14 nitrogen and oxygen atoms in total. The first kappa shape index (κ1) is 48.1. The number of rotatable bonds is 10. The van der Waals surface area contributed by atoms with E-state index in [1.54, 1.807) is 63.4 Å². The number of hydrogen-bond donors (Lipinski definition) is 1. The maximum Gasteiger partial charge on any atom is 0.408 e. The van der Waals surface area contributed by atoms with Crippen molar-refractivity contribution in [1.29, 1.82) is 0 Å². The number of ketones is 2. The topological polar surface area (TPSA) is 169 Å². The van der Waals surface area contributed by atoms with Crippen molar-refractivity contribution in [2.75, 3.05) is 20.8 Å².